The van der Waals surface area contributed by atoms with Gasteiger partial charge in [0.05, 0.1) is 64.0 Å². The summed E-state index contributed by atoms with van der Waals surface area (Å²) in [6, 6.07) is 13.7. The number of halogens is 12. The molecule has 0 fully saturated rings. The van der Waals surface area contributed by atoms with Crippen LogP contribution in [0.2, 0.25) is 0 Å². The second kappa shape index (κ2) is 31.2. The summed E-state index contributed by atoms with van der Waals surface area (Å²) in [6.07, 6.45) is 21.0. The van der Waals surface area contributed by atoms with Gasteiger partial charge in [-0.2, -0.15) is 9.35 Å². The first-order valence-electron chi connectivity index (χ1n) is 36.7. The Labute approximate surface area is 755 Å². The zero-order valence-corrected chi connectivity index (χ0v) is 72.5. The summed E-state index contributed by atoms with van der Waals surface area (Å²) < 4.78 is 98.9. The minimum atomic E-state index is -3.31. The van der Waals surface area contributed by atoms with E-state index in [9.17, 15) is 28.8 Å². The maximum Gasteiger partial charge on any atom is 0.356 e. The van der Waals surface area contributed by atoms with Crippen molar-refractivity contribution in [3.05, 3.63) is 279 Å². The van der Waals surface area contributed by atoms with Crippen LogP contribution < -0.4 is 55.4 Å². The molecule has 0 spiro atoms. The lowest BCUT2D eigenvalue weighted by atomic mass is 10.1. The normalized spacial score (nSPS) is 21.8. The molecule has 12 aromatic rings. The first-order valence-corrected chi connectivity index (χ1v) is 41.5. The number of benzene rings is 6. The zero-order valence-electron chi connectivity index (χ0n) is 63.0. The van der Waals surface area contributed by atoms with Gasteiger partial charge in [-0.1, -0.05) is 52.0 Å². The van der Waals surface area contributed by atoms with E-state index >= 15 is 31.1 Å². The van der Waals surface area contributed by atoms with Gasteiger partial charge in [-0.15, -0.1) is 15.4 Å². The van der Waals surface area contributed by atoms with Crippen molar-refractivity contribution in [2.45, 2.75) is 47.9 Å². The zero-order chi connectivity index (χ0) is 88.1. The summed E-state index contributed by atoms with van der Waals surface area (Å²) in [7, 11) is 0. The van der Waals surface area contributed by atoms with E-state index in [-0.39, 0.29) is 95.1 Å². The molecule has 8 unspecified atom stereocenters. The number of anilines is 6. The van der Waals surface area contributed by atoms with E-state index in [1.165, 1.54) is 155 Å². The Morgan fingerprint density at radius 1 is 0.307 bits per heavy atom. The molecule has 0 bridgehead atoms. The van der Waals surface area contributed by atoms with E-state index in [0.717, 1.165) is 145 Å². The van der Waals surface area contributed by atoms with Gasteiger partial charge in [0.2, 0.25) is 0 Å². The first-order chi connectivity index (χ1) is 61.3. The lowest BCUT2D eigenvalue weighted by molar-refractivity contribution is -0.134. The van der Waals surface area contributed by atoms with Crippen molar-refractivity contribution in [2.75, 3.05) is 50.1 Å². The maximum atomic E-state index is 18.9. The average molecular weight is 2110 g/mol. The number of nitrogens with one attached hydrogen (secondary N) is 1. The number of carbonyl (C=O) groups excluding carboxylic acids is 7. The molecular weight excluding hydrogens is 2070 g/mol. The molecule has 40 nitrogen and oxygen atoms in total. The molecule has 1 N–H and O–H groups in total. The van der Waals surface area contributed by atoms with Crippen LogP contribution in [0.1, 0.15) is 69.6 Å². The van der Waals surface area contributed by atoms with Crippen LogP contribution in [0.4, 0.5) is 61.2 Å². The summed E-state index contributed by atoms with van der Waals surface area (Å²) in [5.74, 6) is -18.3. The van der Waals surface area contributed by atoms with E-state index in [4.69, 9.17) is 20.7 Å². The van der Waals surface area contributed by atoms with Crippen molar-refractivity contribution >= 4 is 210 Å². The Morgan fingerprint density at radius 2 is 0.551 bits per heavy atom. The summed E-state index contributed by atoms with van der Waals surface area (Å²) in [4.78, 5) is 167. The Kier molecular flexibility index (Phi) is 19.9. The third-order valence-electron chi connectivity index (χ3n) is 21.2. The van der Waals surface area contributed by atoms with Gasteiger partial charge in [0.1, 0.15) is 159 Å². The van der Waals surface area contributed by atoms with E-state index in [2.05, 4.69) is 161 Å². The summed E-state index contributed by atoms with van der Waals surface area (Å²) in [5, 5.41) is 27.1. The van der Waals surface area contributed by atoms with Crippen LogP contribution in [0.3, 0.4) is 0 Å². The second-order valence-electron chi connectivity index (χ2n) is 28.2. The van der Waals surface area contributed by atoms with Crippen LogP contribution in [0.25, 0.3) is 0 Å². The molecule has 8 aliphatic rings. The fourth-order valence-corrected chi connectivity index (χ4v) is 17.8. The van der Waals surface area contributed by atoms with Crippen LogP contribution >= 0.6 is 95.6 Å². The van der Waals surface area contributed by atoms with Crippen LogP contribution in [0.5, 0.6) is 0 Å². The standard InChI is InChI=1S/C75H43Br6F6N33O7/c76-43-13-37(1-7-49(43)82)61-67(121)94-31-105(61)55-19-88-25-111(55)74(101-103-119(115-29-92-23-59(115)109-35-98-71(125)65(109)41-5-11-53(86)47(80)17-41)117(74)113-27-90-21-57(113)107-33-96-69(123)63(107)39-3-9-51(84)45(78)15-39)73(127)100-75(112-26-89-20-56(112)106-32-95-68(122)62(106)38-2-8-50(83)44(77)14-38)102-104-120(116-30-93-24-60(116)110-36-99-72(126)66(110)42-6-12-54(87)48(81)18-42)118(75)114-28-91-22-58(114)108-34-97-70(124)64(108)40-4-10-52(85)46(79)16-40/h1-36,61-66H,(H,100,127). The molecule has 7 amide bonds. The second-order valence-corrected chi connectivity index (χ2v) is 33.4. The van der Waals surface area contributed by atoms with Gasteiger partial charge >= 0.3 is 17.6 Å². The fourth-order valence-electron chi connectivity index (χ4n) is 15.4. The van der Waals surface area contributed by atoms with Gasteiger partial charge in [-0.25, -0.2) is 95.6 Å². The summed E-state index contributed by atoms with van der Waals surface area (Å²) in [6.45, 7) is 0. The van der Waals surface area contributed by atoms with Gasteiger partial charge in [0, 0.05) is 0 Å². The molecular formula is C75H43Br6F6N33O7. The topological polar surface area (TPSA) is 394 Å². The Bertz CT molecular complexity index is 6990. The molecule has 0 aliphatic carbocycles. The van der Waals surface area contributed by atoms with Crippen molar-refractivity contribution in [2.24, 2.45) is 50.6 Å². The molecule has 6 aromatic carbocycles. The molecule has 127 heavy (non-hydrogen) atoms. The molecule has 0 saturated carbocycles. The number of carbonyl (C=O) groups is 7. The monoisotopic (exact) mass is 2100 g/mol. The molecule has 8 atom stereocenters. The van der Waals surface area contributed by atoms with E-state index in [1.807, 2.05) is 0 Å². The van der Waals surface area contributed by atoms with Gasteiger partial charge in [0.25, 0.3) is 35.4 Å². The highest BCUT2D eigenvalue weighted by Crippen LogP contribution is 2.48. The van der Waals surface area contributed by atoms with Crippen LogP contribution in [0, 0.1) is 34.9 Å². The highest BCUT2D eigenvalue weighted by molar-refractivity contribution is 9.11. The number of aliphatic imine (C=N–C) groups is 6. The predicted octanol–water partition coefficient (Wildman–Crippen LogP) is 11.1. The van der Waals surface area contributed by atoms with E-state index in [1.54, 1.807) is 0 Å². The minimum Gasteiger partial charge on any atom is -0.300 e. The lowest BCUT2D eigenvalue weighted by Gasteiger charge is -2.45. The Balaban J connectivity index is 0.858. The SMILES string of the molecule is O=C1N=CN(c2cncn2N2N=NC(NC(=O)C3(n4cncc4N4C=NC(=O)C4c4ccc(F)c(Br)c4)N=NN(n4cncc4N4C=NC(=O)C4c4ccc(F)c(Br)c4)N3n3cncc3N3C=NC(=O)C3c3ccc(F)c(Br)c3)(n3cncc3N3C=NC(=O)C3c3ccc(F)c(Br)c3)N2n2cncc2N2C=NC(=O)C2c2ccc(F)c(Br)c2)C1c1ccc(F)c(Br)c1. The van der Waals surface area contributed by atoms with Crippen molar-refractivity contribution in [1.29, 1.82) is 0 Å². The number of rotatable bonds is 20. The van der Waals surface area contributed by atoms with Crippen LogP contribution in [-0.2, 0) is 45.3 Å². The van der Waals surface area contributed by atoms with E-state index < -0.39 is 124 Å². The first kappa shape index (κ1) is 81.1. The van der Waals surface area contributed by atoms with Crippen LogP contribution in [0.15, 0.2) is 262 Å². The number of amides is 7. The van der Waals surface area contributed by atoms with Gasteiger partial charge in [0.15, 0.2) is 23.3 Å². The smallest absolute Gasteiger partial charge is 0.300 e. The number of hydrogen-bond donors (Lipinski definition) is 1. The molecule has 0 radical (unpaired) electrons. The number of nitrogens with zero attached hydrogens (tertiary/aromatic N) is 32. The van der Waals surface area contributed by atoms with Crippen molar-refractivity contribution in [3.63, 3.8) is 0 Å². The number of hydrazine groups is 2. The number of hydrogen-bond acceptors (Lipinski definition) is 27. The highest BCUT2D eigenvalue weighted by Gasteiger charge is 2.64. The minimum absolute atomic E-state index is 0.0396. The van der Waals surface area contributed by atoms with Crippen molar-refractivity contribution in [1.82, 2.24) is 63.1 Å². The van der Waals surface area contributed by atoms with E-state index in [0.29, 0.717) is 0 Å². The third-order valence-corrected chi connectivity index (χ3v) is 24.8. The van der Waals surface area contributed by atoms with Crippen LogP contribution in [-0.4, -0.2) is 137 Å². The Morgan fingerprint density at radius 3 is 0.866 bits per heavy atom. The summed E-state index contributed by atoms with van der Waals surface area (Å²) in [5.41, 5.74) is 0.884. The highest BCUT2D eigenvalue weighted by atomic mass is 79.9. The molecule has 634 valence electrons. The third kappa shape index (κ3) is 13.1. The van der Waals surface area contributed by atoms with Gasteiger partial charge < -0.3 is 0 Å². The molecule has 20 rings (SSSR count). The lowest BCUT2D eigenvalue weighted by Crippen LogP contribution is -2.73. The van der Waals surface area contributed by atoms with Crippen molar-refractivity contribution in [3.8, 4) is 0 Å². The molecule has 52 heteroatoms. The quantitative estimate of drug-likeness (QED) is 0.0692. The molecule has 8 aliphatic heterocycles. The largest absolute Gasteiger partial charge is 0.356 e. The maximum absolute atomic E-state index is 18.9. The number of imidazole rings is 6. The van der Waals surface area contributed by atoms with Crippen molar-refractivity contribution < 1.29 is 59.9 Å². The molecule has 14 heterocycles. The van der Waals surface area contributed by atoms with Gasteiger partial charge in [-0.3, -0.25) is 77.4 Å². The Hall–Kier alpha value is -14.3. The average Bonchev–Trinajstić information content (AvgIpc) is 1.54. The summed E-state index contributed by atoms with van der Waals surface area (Å²) >= 11 is 19.5. The predicted molar refractivity (Wildman–Crippen MR) is 457 cm³/mol. The molecule has 0 saturated heterocycles. The fraction of sp³-hybridized carbons (Fsp3) is 0.107. The van der Waals surface area contributed by atoms with Gasteiger partial charge in [-0.05, 0) is 212 Å². The molecule has 6 aromatic heterocycles. The number of aromatic nitrogens is 12.